The molecule has 17 heavy (non-hydrogen) atoms. The Hall–Kier alpha value is -1.14. The van der Waals surface area contributed by atoms with Crippen LogP contribution in [0.3, 0.4) is 0 Å². The van der Waals surface area contributed by atoms with Crippen LogP contribution in [0, 0.1) is 5.41 Å². The van der Waals surface area contributed by atoms with Gasteiger partial charge in [0.05, 0.1) is 24.5 Å². The molecule has 3 N–H and O–H groups in total. The minimum absolute atomic E-state index is 0.0429. The Morgan fingerprint density at radius 3 is 2.71 bits per heavy atom. The molecule has 1 atom stereocenters. The number of ether oxygens (including phenoxy) is 1. The normalized spacial score (nSPS) is 21.4. The van der Waals surface area contributed by atoms with Crippen LogP contribution >= 0.6 is 0 Å². The van der Waals surface area contributed by atoms with Crippen LogP contribution < -0.4 is 5.73 Å². The lowest BCUT2D eigenvalue weighted by Gasteiger charge is -2.36. The Balaban J connectivity index is 2.60. The fraction of sp³-hybridized carbons (Fsp3) is 0.818. The van der Waals surface area contributed by atoms with Crippen LogP contribution in [-0.2, 0) is 14.3 Å². The highest BCUT2D eigenvalue weighted by Crippen LogP contribution is 2.19. The first-order valence-electron chi connectivity index (χ1n) is 5.69. The molecule has 0 bridgehead atoms. The van der Waals surface area contributed by atoms with Crippen LogP contribution in [0.15, 0.2) is 0 Å². The number of aliphatic carboxylic acids is 1. The fourth-order valence-corrected chi connectivity index (χ4v) is 1.74. The van der Waals surface area contributed by atoms with Crippen molar-refractivity contribution in [2.45, 2.75) is 26.4 Å². The van der Waals surface area contributed by atoms with E-state index < -0.39 is 17.5 Å². The highest BCUT2D eigenvalue weighted by Gasteiger charge is 2.34. The third-order valence-electron chi connectivity index (χ3n) is 2.92. The Kier molecular flexibility index (Phi) is 4.47. The molecule has 1 amide bonds. The summed E-state index contributed by atoms with van der Waals surface area (Å²) in [7, 11) is 0. The molecular formula is C11H20N2O4. The topological polar surface area (TPSA) is 92.9 Å². The summed E-state index contributed by atoms with van der Waals surface area (Å²) in [6.07, 6.45) is -0.494. The average Bonchev–Trinajstić information content (AvgIpc) is 2.27. The molecule has 1 aliphatic heterocycles. The second-order valence-corrected chi connectivity index (χ2v) is 4.93. The molecule has 0 aliphatic carbocycles. The van der Waals surface area contributed by atoms with E-state index in [1.54, 1.807) is 18.7 Å². The summed E-state index contributed by atoms with van der Waals surface area (Å²) in [5, 5.41) is 8.69. The number of carboxylic acid groups (broad SMARTS) is 1. The summed E-state index contributed by atoms with van der Waals surface area (Å²) < 4.78 is 5.31. The number of hydrogen-bond donors (Lipinski definition) is 2. The van der Waals surface area contributed by atoms with Crippen molar-refractivity contribution >= 4 is 11.9 Å². The Morgan fingerprint density at radius 2 is 2.18 bits per heavy atom. The number of carbonyl (C=O) groups is 2. The smallest absolute Gasteiger partial charge is 0.306 e. The molecule has 0 spiro atoms. The highest BCUT2D eigenvalue weighted by atomic mass is 16.5. The largest absolute Gasteiger partial charge is 0.481 e. The lowest BCUT2D eigenvalue weighted by molar-refractivity contribution is -0.152. The third kappa shape index (κ3) is 3.67. The van der Waals surface area contributed by atoms with Crippen LogP contribution in [0.5, 0.6) is 0 Å². The maximum absolute atomic E-state index is 12.1. The zero-order valence-electron chi connectivity index (χ0n) is 10.3. The van der Waals surface area contributed by atoms with Gasteiger partial charge in [-0.05, 0) is 13.8 Å². The number of nitrogens with two attached hydrogens (primary N) is 1. The highest BCUT2D eigenvalue weighted by molar-refractivity contribution is 5.82. The quantitative estimate of drug-likeness (QED) is 0.706. The first-order chi connectivity index (χ1) is 7.86. The molecule has 1 aliphatic rings. The molecule has 1 rings (SSSR count). The van der Waals surface area contributed by atoms with Crippen LogP contribution in [-0.4, -0.2) is 54.2 Å². The molecule has 98 valence electrons. The molecule has 6 heteroatoms. The molecule has 0 radical (unpaired) electrons. The van der Waals surface area contributed by atoms with Gasteiger partial charge in [-0.15, -0.1) is 0 Å². The predicted octanol–water partition coefficient (Wildman–Crippen LogP) is -0.327. The van der Waals surface area contributed by atoms with E-state index in [-0.39, 0.29) is 18.9 Å². The minimum atomic E-state index is -0.914. The monoisotopic (exact) mass is 244 g/mol. The number of morpholine rings is 1. The van der Waals surface area contributed by atoms with Gasteiger partial charge in [0.25, 0.3) is 0 Å². The lowest BCUT2D eigenvalue weighted by atomic mass is 9.91. The van der Waals surface area contributed by atoms with Gasteiger partial charge in [-0.3, -0.25) is 9.59 Å². The van der Waals surface area contributed by atoms with E-state index in [1.807, 2.05) is 0 Å². The van der Waals surface area contributed by atoms with E-state index in [0.29, 0.717) is 19.7 Å². The van der Waals surface area contributed by atoms with E-state index >= 15 is 0 Å². The second-order valence-electron chi connectivity index (χ2n) is 4.93. The first kappa shape index (κ1) is 13.9. The van der Waals surface area contributed by atoms with Crippen LogP contribution in [0.2, 0.25) is 0 Å². The van der Waals surface area contributed by atoms with Crippen molar-refractivity contribution in [3.63, 3.8) is 0 Å². The van der Waals surface area contributed by atoms with E-state index in [2.05, 4.69) is 0 Å². The molecular weight excluding hydrogens is 224 g/mol. The van der Waals surface area contributed by atoms with Gasteiger partial charge in [0.1, 0.15) is 0 Å². The molecule has 0 aromatic heterocycles. The Labute approximate surface area is 101 Å². The van der Waals surface area contributed by atoms with Gasteiger partial charge >= 0.3 is 5.97 Å². The van der Waals surface area contributed by atoms with Crippen molar-refractivity contribution < 1.29 is 19.4 Å². The Morgan fingerprint density at radius 1 is 1.53 bits per heavy atom. The summed E-state index contributed by atoms with van der Waals surface area (Å²) in [5.41, 5.74) is 4.95. The maximum atomic E-state index is 12.1. The summed E-state index contributed by atoms with van der Waals surface area (Å²) >= 11 is 0. The van der Waals surface area contributed by atoms with Gasteiger partial charge in [0.15, 0.2) is 0 Å². The molecule has 1 unspecified atom stereocenters. The Bertz CT molecular complexity index is 304. The van der Waals surface area contributed by atoms with Gasteiger partial charge in [0.2, 0.25) is 5.91 Å². The molecule has 6 nitrogen and oxygen atoms in total. The van der Waals surface area contributed by atoms with E-state index in [4.69, 9.17) is 15.6 Å². The summed E-state index contributed by atoms with van der Waals surface area (Å²) in [6, 6.07) is 0. The zero-order valence-corrected chi connectivity index (χ0v) is 10.3. The third-order valence-corrected chi connectivity index (χ3v) is 2.92. The van der Waals surface area contributed by atoms with Crippen LogP contribution in [0.25, 0.3) is 0 Å². The lowest BCUT2D eigenvalue weighted by Crippen LogP contribution is -2.52. The fourth-order valence-electron chi connectivity index (χ4n) is 1.74. The molecule has 0 aromatic rings. The van der Waals surface area contributed by atoms with Crippen LogP contribution in [0.4, 0.5) is 0 Å². The van der Waals surface area contributed by atoms with Gasteiger partial charge in [0, 0.05) is 19.6 Å². The minimum Gasteiger partial charge on any atom is -0.481 e. The number of hydrogen-bond acceptors (Lipinski definition) is 4. The van der Waals surface area contributed by atoms with E-state index in [1.165, 1.54) is 0 Å². The van der Waals surface area contributed by atoms with Crippen LogP contribution in [0.1, 0.15) is 20.3 Å². The summed E-state index contributed by atoms with van der Waals surface area (Å²) in [4.78, 5) is 24.4. The standard InChI is InChI=1S/C11H20N2O4/c1-11(2,7-12)10(16)13-3-4-17-8(6-13)5-9(14)15/h8H,3-7,12H2,1-2H3,(H,14,15). The molecule has 1 saturated heterocycles. The van der Waals surface area contributed by atoms with Crippen molar-refractivity contribution in [3.8, 4) is 0 Å². The van der Waals surface area contributed by atoms with Gasteiger partial charge in [-0.1, -0.05) is 0 Å². The molecule has 0 aromatic carbocycles. The van der Waals surface area contributed by atoms with Gasteiger partial charge in [-0.2, -0.15) is 0 Å². The van der Waals surface area contributed by atoms with Gasteiger partial charge < -0.3 is 20.5 Å². The zero-order chi connectivity index (χ0) is 13.1. The maximum Gasteiger partial charge on any atom is 0.306 e. The van der Waals surface area contributed by atoms with E-state index in [9.17, 15) is 9.59 Å². The van der Waals surface area contributed by atoms with Crippen molar-refractivity contribution in [1.82, 2.24) is 4.90 Å². The molecule has 1 fully saturated rings. The SMILES string of the molecule is CC(C)(CN)C(=O)N1CCOC(CC(=O)O)C1. The van der Waals surface area contributed by atoms with Crippen molar-refractivity contribution in [2.24, 2.45) is 11.1 Å². The molecule has 1 heterocycles. The first-order valence-corrected chi connectivity index (χ1v) is 5.69. The van der Waals surface area contributed by atoms with Crippen molar-refractivity contribution in [3.05, 3.63) is 0 Å². The second kappa shape index (κ2) is 5.46. The number of amides is 1. The number of rotatable bonds is 4. The number of carbonyl (C=O) groups excluding carboxylic acids is 1. The van der Waals surface area contributed by atoms with E-state index in [0.717, 1.165) is 0 Å². The van der Waals surface area contributed by atoms with Gasteiger partial charge in [-0.25, -0.2) is 0 Å². The molecule has 0 saturated carbocycles. The summed E-state index contributed by atoms with van der Waals surface area (Å²) in [5.74, 6) is -0.957. The number of carboxylic acids is 1. The van der Waals surface area contributed by atoms with Crippen molar-refractivity contribution in [1.29, 1.82) is 0 Å². The summed E-state index contributed by atoms with van der Waals surface area (Å²) in [6.45, 7) is 5.05. The number of nitrogens with zero attached hydrogens (tertiary/aromatic N) is 1. The van der Waals surface area contributed by atoms with Crippen molar-refractivity contribution in [2.75, 3.05) is 26.2 Å². The predicted molar refractivity (Wildman–Crippen MR) is 61.4 cm³/mol. The average molecular weight is 244 g/mol.